The normalized spacial score (nSPS) is 12.8. The predicted molar refractivity (Wildman–Crippen MR) is 58.2 cm³/mol. The van der Waals surface area contributed by atoms with Gasteiger partial charge in [0.05, 0.1) is 6.61 Å². The lowest BCUT2D eigenvalue weighted by Crippen LogP contribution is -2.28. The van der Waals surface area contributed by atoms with Crippen LogP contribution >= 0.6 is 0 Å². The van der Waals surface area contributed by atoms with Gasteiger partial charge >= 0.3 is 0 Å². The van der Waals surface area contributed by atoms with E-state index in [1.165, 1.54) is 6.92 Å². The molecule has 0 aliphatic carbocycles. The first-order valence-corrected chi connectivity index (χ1v) is 5.20. The standard InChI is InChI=1S/C12H13NO3/c1-8(14)12(15)13-7-9-2-3-11-10(6-9)4-5-16-11/h2-3,6H,4-5,7H2,1H3,(H,13,15). The Morgan fingerprint density at radius 3 is 3.00 bits per heavy atom. The molecule has 0 spiro atoms. The summed E-state index contributed by atoms with van der Waals surface area (Å²) in [5.74, 6) is -0.0945. The van der Waals surface area contributed by atoms with Gasteiger partial charge in [-0.1, -0.05) is 12.1 Å². The minimum Gasteiger partial charge on any atom is -0.493 e. The van der Waals surface area contributed by atoms with E-state index in [4.69, 9.17) is 4.74 Å². The number of hydrogen-bond donors (Lipinski definition) is 1. The SMILES string of the molecule is CC(=O)C(=O)NCc1ccc2c(c1)CCO2. The van der Waals surface area contributed by atoms with Gasteiger partial charge in [0, 0.05) is 19.9 Å². The average Bonchev–Trinajstić information content (AvgIpc) is 2.72. The number of fused-ring (bicyclic) bond motifs is 1. The van der Waals surface area contributed by atoms with Crippen molar-refractivity contribution in [2.75, 3.05) is 6.61 Å². The summed E-state index contributed by atoms with van der Waals surface area (Å²) in [7, 11) is 0. The first-order valence-electron chi connectivity index (χ1n) is 5.20. The molecule has 4 heteroatoms. The third kappa shape index (κ3) is 2.21. The second-order valence-corrected chi connectivity index (χ2v) is 3.78. The van der Waals surface area contributed by atoms with Crippen LogP contribution in [0, 0.1) is 0 Å². The van der Waals surface area contributed by atoms with Crippen LogP contribution in [0.3, 0.4) is 0 Å². The molecule has 2 rings (SSSR count). The van der Waals surface area contributed by atoms with Crippen molar-refractivity contribution in [2.24, 2.45) is 0 Å². The van der Waals surface area contributed by atoms with Crippen LogP contribution in [0.1, 0.15) is 18.1 Å². The fourth-order valence-electron chi connectivity index (χ4n) is 1.66. The number of Topliss-reactive ketones (excluding diaryl/α,β-unsaturated/α-hetero) is 1. The number of carbonyl (C=O) groups is 2. The molecule has 4 nitrogen and oxygen atoms in total. The molecule has 84 valence electrons. The number of amides is 1. The number of rotatable bonds is 3. The van der Waals surface area contributed by atoms with Crippen LogP contribution < -0.4 is 10.1 Å². The van der Waals surface area contributed by atoms with E-state index < -0.39 is 11.7 Å². The molecule has 0 bridgehead atoms. The zero-order valence-electron chi connectivity index (χ0n) is 9.08. The summed E-state index contributed by atoms with van der Waals surface area (Å²) < 4.78 is 5.38. The van der Waals surface area contributed by atoms with Gasteiger partial charge in [0.2, 0.25) is 5.78 Å². The first-order chi connectivity index (χ1) is 7.66. The summed E-state index contributed by atoms with van der Waals surface area (Å²) in [5.41, 5.74) is 2.15. The van der Waals surface area contributed by atoms with E-state index in [1.807, 2.05) is 18.2 Å². The third-order valence-corrected chi connectivity index (χ3v) is 2.53. The lowest BCUT2D eigenvalue weighted by atomic mass is 10.1. The minimum absolute atomic E-state index is 0.381. The van der Waals surface area contributed by atoms with Crippen LogP contribution in [0.25, 0.3) is 0 Å². The number of ketones is 1. The summed E-state index contributed by atoms with van der Waals surface area (Å²) in [6.45, 7) is 2.36. The second kappa shape index (κ2) is 4.35. The molecule has 16 heavy (non-hydrogen) atoms. The highest BCUT2D eigenvalue weighted by Gasteiger charge is 2.12. The van der Waals surface area contributed by atoms with E-state index in [0.29, 0.717) is 6.54 Å². The van der Waals surface area contributed by atoms with Crippen LogP contribution in [0.15, 0.2) is 18.2 Å². The minimum atomic E-state index is -0.545. The molecule has 1 heterocycles. The van der Waals surface area contributed by atoms with E-state index in [2.05, 4.69) is 5.32 Å². The van der Waals surface area contributed by atoms with Gasteiger partial charge in [0.25, 0.3) is 5.91 Å². The Morgan fingerprint density at radius 2 is 2.25 bits per heavy atom. The second-order valence-electron chi connectivity index (χ2n) is 3.78. The van der Waals surface area contributed by atoms with Crippen molar-refractivity contribution < 1.29 is 14.3 Å². The maximum atomic E-state index is 11.1. The van der Waals surface area contributed by atoms with E-state index >= 15 is 0 Å². The Kier molecular flexibility index (Phi) is 2.90. The Bertz CT molecular complexity index is 440. The summed E-state index contributed by atoms with van der Waals surface area (Å²) in [6.07, 6.45) is 0.907. The highest BCUT2D eigenvalue weighted by atomic mass is 16.5. The lowest BCUT2D eigenvalue weighted by molar-refractivity contribution is -0.136. The predicted octanol–water partition coefficient (Wildman–Crippen LogP) is 0.827. The number of benzene rings is 1. The van der Waals surface area contributed by atoms with E-state index in [1.54, 1.807) is 0 Å². The zero-order chi connectivity index (χ0) is 11.5. The fourth-order valence-corrected chi connectivity index (χ4v) is 1.66. The molecule has 0 radical (unpaired) electrons. The third-order valence-electron chi connectivity index (χ3n) is 2.53. The Labute approximate surface area is 93.6 Å². The van der Waals surface area contributed by atoms with Crippen molar-refractivity contribution in [1.29, 1.82) is 0 Å². The van der Waals surface area contributed by atoms with Gasteiger partial charge in [-0.2, -0.15) is 0 Å². The van der Waals surface area contributed by atoms with E-state index in [-0.39, 0.29) is 0 Å². The van der Waals surface area contributed by atoms with Crippen molar-refractivity contribution >= 4 is 11.7 Å². The molecule has 1 aromatic carbocycles. The highest BCUT2D eigenvalue weighted by molar-refractivity contribution is 6.35. The molecule has 1 N–H and O–H groups in total. The molecular formula is C12H13NO3. The summed E-state index contributed by atoms with van der Waals surface area (Å²) in [5, 5.41) is 2.56. The topological polar surface area (TPSA) is 55.4 Å². The van der Waals surface area contributed by atoms with Crippen LogP contribution in [-0.4, -0.2) is 18.3 Å². The summed E-state index contributed by atoms with van der Waals surface area (Å²) in [6, 6.07) is 5.80. The summed E-state index contributed by atoms with van der Waals surface area (Å²) in [4.78, 5) is 21.8. The van der Waals surface area contributed by atoms with Gasteiger partial charge in [0.1, 0.15) is 5.75 Å². The van der Waals surface area contributed by atoms with Crippen LogP contribution in [0.4, 0.5) is 0 Å². The van der Waals surface area contributed by atoms with Gasteiger partial charge in [0.15, 0.2) is 0 Å². The van der Waals surface area contributed by atoms with Gasteiger partial charge in [-0.05, 0) is 17.2 Å². The molecule has 0 aromatic heterocycles. The fraction of sp³-hybridized carbons (Fsp3) is 0.333. The van der Waals surface area contributed by atoms with E-state index in [9.17, 15) is 9.59 Å². The average molecular weight is 219 g/mol. The first kappa shape index (κ1) is 10.7. The van der Waals surface area contributed by atoms with Gasteiger partial charge in [-0.15, -0.1) is 0 Å². The van der Waals surface area contributed by atoms with Crippen LogP contribution in [0.5, 0.6) is 5.75 Å². The molecule has 1 aliphatic heterocycles. The maximum absolute atomic E-state index is 11.1. The quantitative estimate of drug-likeness (QED) is 0.766. The number of nitrogens with one attached hydrogen (secondary N) is 1. The molecule has 1 aromatic rings. The number of ether oxygens (including phenoxy) is 1. The van der Waals surface area contributed by atoms with Gasteiger partial charge < -0.3 is 10.1 Å². The molecule has 1 aliphatic rings. The number of carbonyl (C=O) groups excluding carboxylic acids is 2. The smallest absolute Gasteiger partial charge is 0.287 e. The number of hydrogen-bond acceptors (Lipinski definition) is 3. The molecule has 0 saturated carbocycles. The Morgan fingerprint density at radius 1 is 1.44 bits per heavy atom. The van der Waals surface area contributed by atoms with Crippen molar-refractivity contribution in [3.05, 3.63) is 29.3 Å². The van der Waals surface area contributed by atoms with Gasteiger partial charge in [-0.3, -0.25) is 9.59 Å². The van der Waals surface area contributed by atoms with Gasteiger partial charge in [-0.25, -0.2) is 0 Å². The molecule has 0 atom stereocenters. The molecule has 1 amide bonds. The molecular weight excluding hydrogens is 206 g/mol. The maximum Gasteiger partial charge on any atom is 0.287 e. The lowest BCUT2D eigenvalue weighted by Gasteiger charge is -2.05. The Balaban J connectivity index is 2.00. The highest BCUT2D eigenvalue weighted by Crippen LogP contribution is 2.25. The van der Waals surface area contributed by atoms with Crippen molar-refractivity contribution in [3.63, 3.8) is 0 Å². The van der Waals surface area contributed by atoms with Crippen molar-refractivity contribution in [2.45, 2.75) is 19.9 Å². The van der Waals surface area contributed by atoms with Crippen molar-refractivity contribution in [1.82, 2.24) is 5.32 Å². The zero-order valence-corrected chi connectivity index (χ0v) is 9.08. The Hall–Kier alpha value is -1.84. The largest absolute Gasteiger partial charge is 0.493 e. The van der Waals surface area contributed by atoms with Crippen LogP contribution in [0.2, 0.25) is 0 Å². The monoisotopic (exact) mass is 219 g/mol. The molecule has 0 fully saturated rings. The van der Waals surface area contributed by atoms with Crippen LogP contribution in [-0.2, 0) is 22.6 Å². The summed E-state index contributed by atoms with van der Waals surface area (Å²) >= 11 is 0. The molecule has 0 saturated heterocycles. The van der Waals surface area contributed by atoms with Crippen molar-refractivity contribution in [3.8, 4) is 5.75 Å². The van der Waals surface area contributed by atoms with E-state index in [0.717, 1.165) is 29.9 Å². The molecule has 0 unspecified atom stereocenters.